The van der Waals surface area contributed by atoms with E-state index in [1.54, 1.807) is 19.1 Å². The monoisotopic (exact) mass is 403 g/mol. The largest absolute Gasteiger partial charge is 0.493 e. The lowest BCUT2D eigenvalue weighted by atomic mass is 9.85. The molecule has 0 bridgehead atoms. The van der Waals surface area contributed by atoms with Crippen molar-refractivity contribution in [2.45, 2.75) is 19.3 Å². The number of nitrogens with one attached hydrogen (secondary N) is 1. The second-order valence-corrected chi connectivity index (χ2v) is 6.15. The minimum atomic E-state index is -0.723. The van der Waals surface area contributed by atoms with Crippen LogP contribution in [-0.2, 0) is 9.53 Å². The summed E-state index contributed by atoms with van der Waals surface area (Å²) in [6, 6.07) is 3.34. The molecule has 29 heavy (non-hydrogen) atoms. The normalized spacial score (nSPS) is 15.2. The number of methoxy groups -OCH3 is 3. The Morgan fingerprint density at radius 2 is 1.86 bits per heavy atom. The van der Waals surface area contributed by atoms with Gasteiger partial charge in [-0.1, -0.05) is 6.07 Å². The first-order chi connectivity index (χ1) is 14.0. The Balaban J connectivity index is 2.25. The van der Waals surface area contributed by atoms with Crippen molar-refractivity contribution in [1.82, 2.24) is 4.98 Å². The Kier molecular flexibility index (Phi) is 5.76. The maximum Gasteiger partial charge on any atom is 0.343 e. The van der Waals surface area contributed by atoms with Crippen molar-refractivity contribution in [3.63, 3.8) is 0 Å². The molecule has 1 aromatic carbocycles. The first-order valence-corrected chi connectivity index (χ1v) is 8.88. The average molecular weight is 403 g/mol. The third-order valence-corrected chi connectivity index (χ3v) is 4.62. The molecule has 1 aliphatic rings. The van der Waals surface area contributed by atoms with Crippen LogP contribution in [0.25, 0.3) is 0 Å². The topological polar surface area (TPSA) is 113 Å². The highest BCUT2D eigenvalue weighted by Gasteiger charge is 2.37. The molecular formula is C20H21NO8. The number of H-pyrrole nitrogens is 1. The third kappa shape index (κ3) is 3.51. The standard InChI is InChI=1S/C20H21NO8/c1-5-28-20(24)12-9-21-19(23)15-11(8-14(22)29-16(12)15)10-6-7-13(25-2)18(27-4)17(10)26-3/h6-7,9,11H,5,8H2,1-4H3,(H,21,23). The van der Waals surface area contributed by atoms with Gasteiger partial charge in [-0.25, -0.2) is 4.79 Å². The van der Waals surface area contributed by atoms with Crippen molar-refractivity contribution in [2.75, 3.05) is 27.9 Å². The Hall–Kier alpha value is -3.49. The van der Waals surface area contributed by atoms with E-state index in [2.05, 4.69) is 4.98 Å². The van der Waals surface area contributed by atoms with Gasteiger partial charge in [0.15, 0.2) is 17.2 Å². The fraction of sp³-hybridized carbons (Fsp3) is 0.350. The number of hydrogen-bond donors (Lipinski definition) is 1. The van der Waals surface area contributed by atoms with Gasteiger partial charge in [-0.3, -0.25) is 9.59 Å². The maximum absolute atomic E-state index is 12.7. The van der Waals surface area contributed by atoms with E-state index >= 15 is 0 Å². The molecule has 0 aliphatic carbocycles. The Labute approximate surface area is 166 Å². The summed E-state index contributed by atoms with van der Waals surface area (Å²) < 4.78 is 26.5. The van der Waals surface area contributed by atoms with E-state index in [-0.39, 0.29) is 29.9 Å². The number of carbonyl (C=O) groups excluding carboxylic acids is 2. The number of rotatable bonds is 6. The molecule has 154 valence electrons. The van der Waals surface area contributed by atoms with Crippen molar-refractivity contribution < 1.29 is 33.3 Å². The van der Waals surface area contributed by atoms with Gasteiger partial charge in [0.1, 0.15) is 5.56 Å². The summed E-state index contributed by atoms with van der Waals surface area (Å²) >= 11 is 0. The molecule has 0 saturated heterocycles. The molecule has 0 fully saturated rings. The molecule has 1 atom stereocenters. The maximum atomic E-state index is 12.7. The molecule has 0 radical (unpaired) electrons. The molecule has 0 saturated carbocycles. The van der Waals surface area contributed by atoms with Crippen LogP contribution in [0.4, 0.5) is 0 Å². The highest BCUT2D eigenvalue weighted by atomic mass is 16.6. The molecule has 1 N–H and O–H groups in total. The van der Waals surface area contributed by atoms with Crippen LogP contribution in [0.3, 0.4) is 0 Å². The molecule has 9 nitrogen and oxygen atoms in total. The van der Waals surface area contributed by atoms with Gasteiger partial charge >= 0.3 is 11.9 Å². The van der Waals surface area contributed by atoms with Gasteiger partial charge in [-0.05, 0) is 13.0 Å². The summed E-state index contributed by atoms with van der Waals surface area (Å²) in [5.41, 5.74) is 0.150. The number of benzene rings is 1. The van der Waals surface area contributed by atoms with Gasteiger partial charge < -0.3 is 28.7 Å². The average Bonchev–Trinajstić information content (AvgIpc) is 2.72. The van der Waals surface area contributed by atoms with Crippen molar-refractivity contribution in [1.29, 1.82) is 0 Å². The first-order valence-electron chi connectivity index (χ1n) is 8.88. The quantitative estimate of drug-likeness (QED) is 0.729. The summed E-state index contributed by atoms with van der Waals surface area (Å²) in [4.78, 5) is 39.8. The fourth-order valence-corrected chi connectivity index (χ4v) is 3.40. The zero-order valence-electron chi connectivity index (χ0n) is 16.5. The van der Waals surface area contributed by atoms with Crippen LogP contribution in [0.1, 0.15) is 40.7 Å². The molecule has 1 aromatic heterocycles. The van der Waals surface area contributed by atoms with Gasteiger partial charge in [0.2, 0.25) is 5.75 Å². The number of hydrogen-bond acceptors (Lipinski definition) is 8. The van der Waals surface area contributed by atoms with Crippen LogP contribution in [0.15, 0.2) is 23.1 Å². The molecular weight excluding hydrogens is 382 g/mol. The minimum absolute atomic E-state index is 0.0288. The summed E-state index contributed by atoms with van der Waals surface area (Å²) in [7, 11) is 4.39. The summed E-state index contributed by atoms with van der Waals surface area (Å²) in [5, 5.41) is 0. The van der Waals surface area contributed by atoms with Crippen molar-refractivity contribution in [2.24, 2.45) is 0 Å². The second-order valence-electron chi connectivity index (χ2n) is 6.15. The van der Waals surface area contributed by atoms with Gasteiger partial charge in [0.25, 0.3) is 5.56 Å². The lowest BCUT2D eigenvalue weighted by Crippen LogP contribution is -2.30. The van der Waals surface area contributed by atoms with Gasteiger partial charge in [0.05, 0.1) is 39.9 Å². The fourth-order valence-electron chi connectivity index (χ4n) is 3.40. The molecule has 2 aromatic rings. The van der Waals surface area contributed by atoms with Crippen molar-refractivity contribution >= 4 is 11.9 Å². The second kappa shape index (κ2) is 8.26. The predicted molar refractivity (Wildman–Crippen MR) is 101 cm³/mol. The van der Waals surface area contributed by atoms with Crippen LogP contribution < -0.4 is 24.5 Å². The van der Waals surface area contributed by atoms with Gasteiger partial charge in [-0.15, -0.1) is 0 Å². The Bertz CT molecular complexity index is 1010. The number of carbonyl (C=O) groups is 2. The molecule has 0 spiro atoms. The number of aromatic nitrogens is 1. The number of pyridine rings is 1. The lowest BCUT2D eigenvalue weighted by Gasteiger charge is -2.27. The number of fused-ring (bicyclic) bond motifs is 1. The van der Waals surface area contributed by atoms with E-state index in [0.29, 0.717) is 22.8 Å². The zero-order valence-corrected chi connectivity index (χ0v) is 16.5. The van der Waals surface area contributed by atoms with E-state index in [4.69, 9.17) is 23.7 Å². The van der Waals surface area contributed by atoms with Crippen LogP contribution in [0.5, 0.6) is 23.0 Å². The Morgan fingerprint density at radius 3 is 2.48 bits per heavy atom. The van der Waals surface area contributed by atoms with E-state index < -0.39 is 23.4 Å². The van der Waals surface area contributed by atoms with E-state index in [1.165, 1.54) is 27.5 Å². The molecule has 9 heteroatoms. The van der Waals surface area contributed by atoms with Crippen LogP contribution in [0, 0.1) is 0 Å². The SMILES string of the molecule is CCOC(=O)c1c[nH]c(=O)c2c1OC(=O)CC2c1ccc(OC)c(OC)c1OC. The van der Waals surface area contributed by atoms with Gasteiger partial charge in [-0.2, -0.15) is 0 Å². The molecule has 3 rings (SSSR count). The van der Waals surface area contributed by atoms with E-state index in [9.17, 15) is 14.4 Å². The minimum Gasteiger partial charge on any atom is -0.493 e. The molecule has 0 amide bonds. The third-order valence-electron chi connectivity index (χ3n) is 4.62. The highest BCUT2D eigenvalue weighted by Crippen LogP contribution is 2.47. The summed E-state index contributed by atoms with van der Waals surface area (Å²) in [6.45, 7) is 1.78. The smallest absolute Gasteiger partial charge is 0.343 e. The van der Waals surface area contributed by atoms with Gasteiger partial charge in [0, 0.05) is 17.7 Å². The first kappa shape index (κ1) is 20.2. The molecule has 1 unspecified atom stereocenters. The van der Waals surface area contributed by atoms with Crippen LogP contribution in [0.2, 0.25) is 0 Å². The van der Waals surface area contributed by atoms with E-state index in [0.717, 1.165) is 0 Å². The Morgan fingerprint density at radius 1 is 1.14 bits per heavy atom. The summed E-state index contributed by atoms with van der Waals surface area (Å²) in [5.74, 6) is -1.04. The molecule has 2 heterocycles. The number of aromatic amines is 1. The predicted octanol–water partition coefficient (Wildman–Crippen LogP) is 2.02. The number of esters is 2. The van der Waals surface area contributed by atoms with Crippen molar-refractivity contribution in [3.8, 4) is 23.0 Å². The van der Waals surface area contributed by atoms with Crippen LogP contribution in [-0.4, -0.2) is 44.9 Å². The van der Waals surface area contributed by atoms with Crippen molar-refractivity contribution in [3.05, 3.63) is 45.4 Å². The highest BCUT2D eigenvalue weighted by molar-refractivity contribution is 5.94. The lowest BCUT2D eigenvalue weighted by molar-refractivity contribution is -0.135. The zero-order chi connectivity index (χ0) is 21.1. The molecule has 1 aliphatic heterocycles. The number of ether oxygens (including phenoxy) is 5. The van der Waals surface area contributed by atoms with E-state index in [1.807, 2.05) is 0 Å². The van der Waals surface area contributed by atoms with Crippen LogP contribution >= 0.6 is 0 Å². The summed E-state index contributed by atoms with van der Waals surface area (Å²) in [6.07, 6.45) is 1.06.